The van der Waals surface area contributed by atoms with Gasteiger partial charge in [-0.15, -0.1) is 0 Å². The fourth-order valence-corrected chi connectivity index (χ4v) is 5.91. The fraction of sp³-hybridized carbons (Fsp3) is 0.304. The number of hydrogen-bond donors (Lipinski definition) is 3. The average Bonchev–Trinajstić information content (AvgIpc) is 3.30. The third kappa shape index (κ3) is 3.08. The van der Waals surface area contributed by atoms with Crippen molar-refractivity contribution in [2.45, 2.75) is 31.5 Å². The van der Waals surface area contributed by atoms with Gasteiger partial charge in [-0.25, -0.2) is 0 Å². The van der Waals surface area contributed by atoms with E-state index >= 15 is 0 Å². The number of carbonyl (C=O) groups excluding carboxylic acids is 4. The number of benzene rings is 2. The Morgan fingerprint density at radius 1 is 1.15 bits per heavy atom. The van der Waals surface area contributed by atoms with Gasteiger partial charge in [-0.05, 0) is 36.2 Å². The van der Waals surface area contributed by atoms with Crippen molar-refractivity contribution < 1.29 is 19.2 Å². The van der Waals surface area contributed by atoms with Crippen molar-refractivity contribution in [3.63, 3.8) is 0 Å². The van der Waals surface area contributed by atoms with Gasteiger partial charge in [0.05, 0.1) is 18.4 Å². The normalized spacial score (nSPS) is 27.8. The minimum atomic E-state index is -1.54. The zero-order valence-corrected chi connectivity index (χ0v) is 19.0. The number of nitrogens with one attached hydrogen (secondary N) is 2. The Morgan fingerprint density at radius 3 is 2.58 bits per heavy atom. The largest absolute Gasteiger partial charge is 0.370 e. The number of hydrogen-bond acceptors (Lipinski definition) is 5. The molecule has 2 aromatic carbocycles. The molecule has 0 radical (unpaired) electrons. The Hall–Kier alpha value is -2.94. The van der Waals surface area contributed by atoms with Gasteiger partial charge in [0.25, 0.3) is 0 Å². The maximum atomic E-state index is 13.7. The van der Waals surface area contributed by atoms with E-state index in [0.29, 0.717) is 26.9 Å². The molecule has 0 bridgehead atoms. The van der Waals surface area contributed by atoms with Crippen molar-refractivity contribution in [1.82, 2.24) is 10.2 Å². The molecule has 2 aromatic rings. The Bertz CT molecular complexity index is 1250. The molecule has 4 atom stereocenters. The van der Waals surface area contributed by atoms with Crippen molar-refractivity contribution in [1.29, 1.82) is 0 Å². The first-order valence-corrected chi connectivity index (χ1v) is 11.2. The SMILES string of the molecule is Cc1cc(Cl)cc2c1NC(=O)[C@]21N[C@@H](CC(N)=O)[C@H]2C(=O)N(Cc3ccccc3Cl)C(=O)[C@H]21. The maximum Gasteiger partial charge on any atom is 0.250 e. The highest BCUT2D eigenvalue weighted by atomic mass is 35.5. The third-order valence-electron chi connectivity index (χ3n) is 6.78. The van der Waals surface area contributed by atoms with E-state index in [1.54, 1.807) is 43.3 Å². The van der Waals surface area contributed by atoms with Crippen LogP contribution >= 0.6 is 23.2 Å². The van der Waals surface area contributed by atoms with Crippen molar-refractivity contribution >= 4 is 52.5 Å². The highest BCUT2D eigenvalue weighted by Crippen LogP contribution is 2.54. The second-order valence-corrected chi connectivity index (χ2v) is 9.53. The Morgan fingerprint density at radius 2 is 1.88 bits per heavy atom. The topological polar surface area (TPSA) is 122 Å². The molecule has 8 nitrogen and oxygen atoms in total. The van der Waals surface area contributed by atoms with Crippen LogP contribution in [0.5, 0.6) is 0 Å². The molecule has 3 aliphatic heterocycles. The number of likely N-dealkylation sites (tertiary alicyclic amines) is 1. The van der Waals surface area contributed by atoms with E-state index in [-0.39, 0.29) is 13.0 Å². The van der Waals surface area contributed by atoms with Crippen LogP contribution in [0.4, 0.5) is 5.69 Å². The number of amides is 4. The second-order valence-electron chi connectivity index (χ2n) is 8.69. The number of nitrogens with zero attached hydrogens (tertiary/aromatic N) is 1. The third-order valence-corrected chi connectivity index (χ3v) is 7.37. The van der Waals surface area contributed by atoms with Crippen LogP contribution in [-0.2, 0) is 31.3 Å². The summed E-state index contributed by atoms with van der Waals surface area (Å²) in [6.07, 6.45) is -0.204. The number of halogens is 2. The summed E-state index contributed by atoms with van der Waals surface area (Å²) in [5.74, 6) is -4.09. The van der Waals surface area contributed by atoms with Gasteiger partial charge in [0, 0.05) is 33.8 Å². The number of fused-ring (bicyclic) bond motifs is 4. The van der Waals surface area contributed by atoms with Gasteiger partial charge in [0.2, 0.25) is 23.6 Å². The highest BCUT2D eigenvalue weighted by molar-refractivity contribution is 6.31. The number of carbonyl (C=O) groups is 4. The molecule has 4 amide bonds. The molecule has 5 rings (SSSR count). The minimum Gasteiger partial charge on any atom is -0.370 e. The molecule has 170 valence electrons. The van der Waals surface area contributed by atoms with Crippen LogP contribution < -0.4 is 16.4 Å². The van der Waals surface area contributed by atoms with Crippen LogP contribution in [0.25, 0.3) is 0 Å². The minimum absolute atomic E-state index is 0.0350. The molecule has 3 heterocycles. The molecule has 0 aromatic heterocycles. The summed E-state index contributed by atoms with van der Waals surface area (Å²) < 4.78 is 0. The van der Waals surface area contributed by atoms with Gasteiger partial charge in [-0.1, -0.05) is 41.4 Å². The molecule has 2 fully saturated rings. The van der Waals surface area contributed by atoms with Gasteiger partial charge >= 0.3 is 0 Å². The zero-order valence-electron chi connectivity index (χ0n) is 17.5. The first kappa shape index (κ1) is 21.9. The van der Waals surface area contributed by atoms with E-state index in [2.05, 4.69) is 10.6 Å². The molecule has 3 aliphatic rings. The Labute approximate surface area is 199 Å². The Balaban J connectivity index is 1.64. The molecule has 0 unspecified atom stereocenters. The van der Waals surface area contributed by atoms with E-state index in [1.807, 2.05) is 0 Å². The van der Waals surface area contributed by atoms with E-state index in [1.165, 1.54) is 0 Å². The summed E-state index contributed by atoms with van der Waals surface area (Å²) in [5, 5.41) is 6.80. The van der Waals surface area contributed by atoms with E-state index in [0.717, 1.165) is 10.5 Å². The Kier molecular flexibility index (Phi) is 5.00. The lowest BCUT2D eigenvalue weighted by atomic mass is 9.76. The van der Waals surface area contributed by atoms with Crippen molar-refractivity contribution in [3.8, 4) is 0 Å². The molecule has 0 saturated carbocycles. The van der Waals surface area contributed by atoms with Crippen molar-refractivity contribution in [2.75, 3.05) is 5.32 Å². The summed E-state index contributed by atoms with van der Waals surface area (Å²) in [6, 6.07) is 9.45. The number of nitrogens with two attached hydrogens (primary N) is 1. The average molecular weight is 487 g/mol. The van der Waals surface area contributed by atoms with Gasteiger partial charge in [-0.3, -0.25) is 29.4 Å². The first-order chi connectivity index (χ1) is 15.6. The van der Waals surface area contributed by atoms with E-state index < -0.39 is 47.0 Å². The van der Waals surface area contributed by atoms with Crippen LogP contribution in [0, 0.1) is 18.8 Å². The second kappa shape index (κ2) is 7.55. The number of rotatable bonds is 4. The standard InChI is InChI=1S/C23H20Cl2N4O4/c1-10-6-12(24)7-13-19(10)27-22(33)23(13)18-17(15(28-23)8-16(26)30)20(31)29(21(18)32)9-11-4-2-3-5-14(11)25/h2-7,15,17-18,28H,8-9H2,1H3,(H2,26,30)(H,27,33)/t15-,17+,18-,23-/m0/s1. The zero-order chi connectivity index (χ0) is 23.7. The summed E-state index contributed by atoms with van der Waals surface area (Å²) in [5.41, 5.74) is 6.26. The molecule has 4 N–H and O–H groups in total. The quantitative estimate of drug-likeness (QED) is 0.571. The van der Waals surface area contributed by atoms with Crippen LogP contribution in [0.1, 0.15) is 23.1 Å². The van der Waals surface area contributed by atoms with Gasteiger partial charge in [-0.2, -0.15) is 0 Å². The molecule has 0 aliphatic carbocycles. The van der Waals surface area contributed by atoms with Crippen molar-refractivity contribution in [3.05, 3.63) is 63.1 Å². The van der Waals surface area contributed by atoms with Gasteiger partial charge in [0.15, 0.2) is 0 Å². The molecular weight excluding hydrogens is 467 g/mol. The smallest absolute Gasteiger partial charge is 0.250 e. The monoisotopic (exact) mass is 486 g/mol. The van der Waals surface area contributed by atoms with Crippen LogP contribution in [-0.4, -0.2) is 34.6 Å². The van der Waals surface area contributed by atoms with Crippen LogP contribution in [0.3, 0.4) is 0 Å². The summed E-state index contributed by atoms with van der Waals surface area (Å²) in [7, 11) is 0. The number of anilines is 1. The lowest BCUT2D eigenvalue weighted by Gasteiger charge is -2.29. The summed E-state index contributed by atoms with van der Waals surface area (Å²) >= 11 is 12.6. The highest BCUT2D eigenvalue weighted by Gasteiger charge is 2.70. The number of aryl methyl sites for hydroxylation is 1. The summed E-state index contributed by atoms with van der Waals surface area (Å²) in [6.45, 7) is 1.76. The van der Waals surface area contributed by atoms with Crippen LogP contribution in [0.15, 0.2) is 36.4 Å². The van der Waals surface area contributed by atoms with Gasteiger partial charge in [0.1, 0.15) is 5.54 Å². The number of imide groups is 1. The fourth-order valence-electron chi connectivity index (χ4n) is 5.44. The predicted molar refractivity (Wildman–Crippen MR) is 121 cm³/mol. The molecule has 2 saturated heterocycles. The lowest BCUT2D eigenvalue weighted by molar-refractivity contribution is -0.143. The van der Waals surface area contributed by atoms with E-state index in [4.69, 9.17) is 28.9 Å². The molecule has 1 spiro atoms. The number of primary amides is 1. The predicted octanol–water partition coefficient (Wildman–Crippen LogP) is 2.10. The summed E-state index contributed by atoms with van der Waals surface area (Å²) in [4.78, 5) is 53.6. The van der Waals surface area contributed by atoms with Crippen LogP contribution in [0.2, 0.25) is 10.0 Å². The molecule has 10 heteroatoms. The lowest BCUT2D eigenvalue weighted by Crippen LogP contribution is -2.53. The first-order valence-electron chi connectivity index (χ1n) is 10.4. The van der Waals surface area contributed by atoms with Gasteiger partial charge < -0.3 is 11.1 Å². The maximum absolute atomic E-state index is 13.7. The van der Waals surface area contributed by atoms with E-state index in [9.17, 15) is 19.2 Å². The molecular formula is C23H20Cl2N4O4. The molecule has 33 heavy (non-hydrogen) atoms. The van der Waals surface area contributed by atoms with Crippen molar-refractivity contribution in [2.24, 2.45) is 17.6 Å².